The van der Waals surface area contributed by atoms with E-state index in [-0.39, 0.29) is 6.15 Å². The van der Waals surface area contributed by atoms with Gasteiger partial charge in [0.1, 0.15) is 4.91 Å². The molecular weight excluding hydrogens is 412 g/mol. The molecule has 0 aliphatic heterocycles. The van der Waals surface area contributed by atoms with Gasteiger partial charge in [-0.15, -0.1) is 0 Å². The summed E-state index contributed by atoms with van der Waals surface area (Å²) in [5, 5.41) is 0.330. The highest BCUT2D eigenvalue weighted by Gasteiger charge is 2.11. The van der Waals surface area contributed by atoms with Gasteiger partial charge in [-0.1, -0.05) is 142 Å². The summed E-state index contributed by atoms with van der Waals surface area (Å²) in [5.41, 5.74) is 0. The lowest BCUT2D eigenvalue weighted by molar-refractivity contribution is -0.981. The molecule has 0 aromatic rings. The van der Waals surface area contributed by atoms with Crippen LogP contribution in [-0.2, 0) is 9.68 Å². The molecule has 5 nitrogen and oxygen atoms in total. The van der Waals surface area contributed by atoms with E-state index in [0.717, 1.165) is 25.7 Å². The monoisotopic (exact) mass is 473 g/mol. The van der Waals surface area contributed by atoms with E-state index in [1.807, 2.05) is 0 Å². The molecule has 0 fully saturated rings. The Morgan fingerprint density at radius 2 is 0.606 bits per heavy atom. The minimum absolute atomic E-state index is 0. The first kappa shape index (κ1) is 34.3. The van der Waals surface area contributed by atoms with Crippen LogP contribution in [-0.4, -0.2) is 18.3 Å². The molecule has 5 heteroatoms. The van der Waals surface area contributed by atoms with Gasteiger partial charge in [0.2, 0.25) is 0 Å². The summed E-state index contributed by atoms with van der Waals surface area (Å²) in [6, 6.07) is 0. The van der Waals surface area contributed by atoms with Crippen LogP contribution in [0.5, 0.6) is 0 Å². The van der Waals surface area contributed by atoms with Gasteiger partial charge in [-0.25, -0.2) is 0 Å². The van der Waals surface area contributed by atoms with Crippen LogP contribution in [0.15, 0.2) is 0 Å². The average Bonchev–Trinajstić information content (AvgIpc) is 2.80. The molecule has 0 radical (unpaired) electrons. The van der Waals surface area contributed by atoms with Crippen LogP contribution in [0.25, 0.3) is 0 Å². The highest BCUT2D eigenvalue weighted by atomic mass is 17.0. The Bertz CT molecular complexity index is 335. The topological polar surface area (TPSA) is 73.5 Å². The molecule has 33 heavy (non-hydrogen) atoms. The van der Waals surface area contributed by atoms with Crippen molar-refractivity contribution in [3.8, 4) is 0 Å². The molecule has 0 saturated carbocycles. The second-order valence-electron chi connectivity index (χ2n) is 9.67. The van der Waals surface area contributed by atoms with Crippen LogP contribution in [0.3, 0.4) is 0 Å². The van der Waals surface area contributed by atoms with E-state index in [9.17, 15) is 4.91 Å². The molecule has 0 bridgehead atoms. The van der Waals surface area contributed by atoms with E-state index in [1.165, 1.54) is 128 Å². The third-order valence-corrected chi connectivity index (χ3v) is 6.39. The van der Waals surface area contributed by atoms with Crippen molar-refractivity contribution < 1.29 is 14.8 Å². The quantitative estimate of drug-likeness (QED) is 0.0905. The lowest BCUT2D eigenvalue weighted by Crippen LogP contribution is -2.12. The van der Waals surface area contributed by atoms with Gasteiger partial charge in [0.25, 0.3) is 0 Å². The van der Waals surface area contributed by atoms with Crippen molar-refractivity contribution in [1.29, 1.82) is 0 Å². The molecule has 0 aliphatic rings. The van der Waals surface area contributed by atoms with E-state index >= 15 is 0 Å². The van der Waals surface area contributed by atoms with Gasteiger partial charge in [-0.2, -0.15) is 9.68 Å². The first-order valence-corrected chi connectivity index (χ1v) is 14.5. The van der Waals surface area contributed by atoms with Crippen LogP contribution in [0.4, 0.5) is 0 Å². The van der Waals surface area contributed by atoms with Gasteiger partial charge in [-0.3, -0.25) is 0 Å². The second-order valence-corrected chi connectivity index (χ2v) is 9.67. The third-order valence-electron chi connectivity index (χ3n) is 6.39. The standard InChI is InChI=1S/C28H58NO3.H3N/c1-3-5-7-9-11-13-15-17-19-21-23-25-27-31-29(30)32-28-26-24-22-20-18-16-14-12-10-8-6-4-2;/h3-28H2,1-2H3;1H3/q+1;. The van der Waals surface area contributed by atoms with E-state index < -0.39 is 0 Å². The minimum atomic E-state index is 0. The van der Waals surface area contributed by atoms with E-state index in [1.54, 1.807) is 0 Å². The number of hydrogen-bond acceptors (Lipinski definition) is 4. The zero-order chi connectivity index (χ0) is 23.4. The average molecular weight is 474 g/mol. The molecule has 0 atom stereocenters. The first-order chi connectivity index (χ1) is 15.8. The Balaban J connectivity index is 0. The van der Waals surface area contributed by atoms with Crippen molar-refractivity contribution in [2.75, 3.05) is 13.2 Å². The van der Waals surface area contributed by atoms with Crippen LogP contribution < -0.4 is 6.15 Å². The zero-order valence-electron chi connectivity index (χ0n) is 22.8. The van der Waals surface area contributed by atoms with Crippen LogP contribution in [0.2, 0.25) is 0 Å². The molecule has 0 unspecified atom stereocenters. The van der Waals surface area contributed by atoms with Gasteiger partial charge in [0.15, 0.2) is 13.2 Å². The molecule has 3 N–H and O–H groups in total. The smallest absolute Gasteiger partial charge is 0.344 e. The van der Waals surface area contributed by atoms with E-state index in [0.29, 0.717) is 18.3 Å². The molecule has 0 amide bonds. The largest absolute Gasteiger partial charge is 0.477 e. The predicted molar refractivity (Wildman–Crippen MR) is 143 cm³/mol. The maximum absolute atomic E-state index is 11.5. The Morgan fingerprint density at radius 1 is 0.394 bits per heavy atom. The number of unbranched alkanes of at least 4 members (excludes halogenated alkanes) is 22. The lowest BCUT2D eigenvalue weighted by atomic mass is 10.1. The normalized spacial score (nSPS) is 10.7. The summed E-state index contributed by atoms with van der Waals surface area (Å²) in [6.07, 6.45) is 31.5. The van der Waals surface area contributed by atoms with Crippen molar-refractivity contribution in [3.05, 3.63) is 4.91 Å². The summed E-state index contributed by atoms with van der Waals surface area (Å²) in [4.78, 5) is 21.7. The Labute approximate surface area is 207 Å². The fourth-order valence-electron chi connectivity index (χ4n) is 4.20. The Hall–Kier alpha value is -0.840. The summed E-state index contributed by atoms with van der Waals surface area (Å²) in [5.74, 6) is 0. The third kappa shape index (κ3) is 31.2. The summed E-state index contributed by atoms with van der Waals surface area (Å²) in [6.45, 7) is 5.49. The molecule has 0 rings (SSSR count). The van der Waals surface area contributed by atoms with Crippen LogP contribution >= 0.6 is 0 Å². The van der Waals surface area contributed by atoms with Crippen molar-refractivity contribution >= 4 is 0 Å². The zero-order valence-corrected chi connectivity index (χ0v) is 22.8. The fourth-order valence-corrected chi connectivity index (χ4v) is 4.20. The summed E-state index contributed by atoms with van der Waals surface area (Å²) in [7, 11) is 0. The molecular formula is C28H61N2O3+. The Kier molecular flexibility index (Phi) is 32.4. The Morgan fingerprint density at radius 3 is 0.848 bits per heavy atom. The fraction of sp³-hybridized carbons (Fsp3) is 1.00. The second kappa shape index (κ2) is 31.2. The molecule has 0 saturated heterocycles. The molecule has 0 heterocycles. The van der Waals surface area contributed by atoms with Crippen molar-refractivity contribution in [3.63, 3.8) is 0 Å². The van der Waals surface area contributed by atoms with E-state index in [4.69, 9.17) is 9.68 Å². The minimum Gasteiger partial charge on any atom is -0.344 e. The molecule has 0 spiro atoms. The van der Waals surface area contributed by atoms with Crippen molar-refractivity contribution in [1.82, 2.24) is 6.15 Å². The predicted octanol–water partition coefficient (Wildman–Crippen LogP) is 10.2. The van der Waals surface area contributed by atoms with Crippen LogP contribution in [0, 0.1) is 4.91 Å². The van der Waals surface area contributed by atoms with Crippen molar-refractivity contribution in [2.24, 2.45) is 0 Å². The van der Waals surface area contributed by atoms with Gasteiger partial charge in [0.05, 0.1) is 0 Å². The maximum atomic E-state index is 11.5. The van der Waals surface area contributed by atoms with Gasteiger partial charge in [-0.05, 0) is 25.7 Å². The number of hydrogen-bond donors (Lipinski definition) is 1. The highest BCUT2D eigenvalue weighted by Crippen LogP contribution is 2.13. The number of nitrogens with zero attached hydrogens (tertiary/aromatic N) is 1. The lowest BCUT2D eigenvalue weighted by Gasteiger charge is -2.02. The molecule has 0 aromatic heterocycles. The van der Waals surface area contributed by atoms with Crippen LogP contribution in [0.1, 0.15) is 168 Å². The van der Waals surface area contributed by atoms with Crippen molar-refractivity contribution in [2.45, 2.75) is 168 Å². The maximum Gasteiger partial charge on any atom is 0.477 e. The molecule has 200 valence electrons. The molecule has 0 aliphatic carbocycles. The van der Waals surface area contributed by atoms with Gasteiger partial charge in [0, 0.05) is 0 Å². The first-order valence-electron chi connectivity index (χ1n) is 14.5. The van der Waals surface area contributed by atoms with E-state index in [2.05, 4.69) is 13.8 Å². The summed E-state index contributed by atoms with van der Waals surface area (Å²) >= 11 is 0. The van der Waals surface area contributed by atoms with Gasteiger partial charge >= 0.3 is 5.09 Å². The number of rotatable bonds is 28. The highest BCUT2D eigenvalue weighted by molar-refractivity contribution is 4.49. The summed E-state index contributed by atoms with van der Waals surface area (Å²) < 4.78 is 0. The SMILES string of the molecule is CCCCCCCCCCCCCCO[N+](=O)OCCCCCCCCCCCCCC.N. The molecule has 0 aromatic carbocycles. The van der Waals surface area contributed by atoms with Gasteiger partial charge < -0.3 is 6.15 Å².